The monoisotopic (exact) mass is 495 g/mol. The number of methoxy groups -OCH3 is 1. The number of nitrogens with one attached hydrogen (secondary N) is 1. The van der Waals surface area contributed by atoms with Crippen molar-refractivity contribution in [2.45, 2.75) is 31.4 Å². The molecule has 3 unspecified atom stereocenters. The Kier molecular flexibility index (Phi) is 6.86. The molecule has 3 atom stereocenters. The molecule has 184 valence electrons. The number of anilines is 1. The van der Waals surface area contributed by atoms with Crippen LogP contribution in [0.3, 0.4) is 0 Å². The molecule has 0 spiro atoms. The molecule has 0 aromatic heterocycles. The van der Waals surface area contributed by atoms with Gasteiger partial charge in [0, 0.05) is 42.8 Å². The molecule has 1 N–H and O–H groups in total. The molecule has 1 aliphatic carbocycles. The van der Waals surface area contributed by atoms with Crippen LogP contribution in [-0.4, -0.2) is 62.1 Å². The highest BCUT2D eigenvalue weighted by Gasteiger charge is 2.41. The molecule has 2 saturated heterocycles. The summed E-state index contributed by atoms with van der Waals surface area (Å²) >= 11 is 6.06. The van der Waals surface area contributed by atoms with Crippen LogP contribution in [0.25, 0.3) is 6.08 Å². The van der Waals surface area contributed by atoms with Gasteiger partial charge < -0.3 is 24.6 Å². The van der Waals surface area contributed by atoms with Crippen LogP contribution >= 0.6 is 11.6 Å². The van der Waals surface area contributed by atoms with Crippen molar-refractivity contribution in [2.24, 2.45) is 5.92 Å². The molecule has 3 aliphatic rings. The van der Waals surface area contributed by atoms with E-state index in [9.17, 15) is 9.59 Å². The lowest BCUT2D eigenvalue weighted by molar-refractivity contribution is -0.141. The van der Waals surface area contributed by atoms with Crippen molar-refractivity contribution in [1.82, 2.24) is 10.2 Å². The Hall–Kier alpha value is -3.19. The number of halogens is 1. The first-order valence-corrected chi connectivity index (χ1v) is 12.5. The molecule has 0 bridgehead atoms. The van der Waals surface area contributed by atoms with Gasteiger partial charge in [0.05, 0.1) is 13.2 Å². The quantitative estimate of drug-likeness (QED) is 0.654. The van der Waals surface area contributed by atoms with E-state index in [1.165, 1.54) is 0 Å². The Balaban J connectivity index is 1.16. The third-order valence-electron chi connectivity index (χ3n) is 7.13. The highest BCUT2D eigenvalue weighted by molar-refractivity contribution is 6.30. The smallest absolute Gasteiger partial charge is 0.286 e. The predicted octanol–water partition coefficient (Wildman–Crippen LogP) is 3.72. The summed E-state index contributed by atoms with van der Waals surface area (Å²) in [6.45, 7) is 3.00. The Morgan fingerprint density at radius 3 is 2.60 bits per heavy atom. The van der Waals surface area contributed by atoms with Crippen LogP contribution in [0.5, 0.6) is 5.75 Å². The molecule has 3 fully saturated rings. The van der Waals surface area contributed by atoms with E-state index >= 15 is 0 Å². The molecule has 35 heavy (non-hydrogen) atoms. The third-order valence-corrected chi connectivity index (χ3v) is 7.37. The normalized spacial score (nSPS) is 25.5. The van der Waals surface area contributed by atoms with Crippen LogP contribution in [0.4, 0.5) is 5.69 Å². The molecule has 2 amide bonds. The van der Waals surface area contributed by atoms with E-state index in [4.69, 9.17) is 21.1 Å². The lowest BCUT2D eigenvalue weighted by Crippen LogP contribution is -2.56. The number of amides is 2. The molecule has 8 heteroatoms. The summed E-state index contributed by atoms with van der Waals surface area (Å²) in [6, 6.07) is 15.2. The van der Waals surface area contributed by atoms with Gasteiger partial charge in [0.2, 0.25) is 5.91 Å². The lowest BCUT2D eigenvalue weighted by Gasteiger charge is -2.42. The molecular formula is C27H30ClN3O4. The van der Waals surface area contributed by atoms with Crippen molar-refractivity contribution in [1.29, 1.82) is 0 Å². The van der Waals surface area contributed by atoms with Crippen molar-refractivity contribution in [2.75, 3.05) is 38.2 Å². The second-order valence-electron chi connectivity index (χ2n) is 9.32. The number of ether oxygens (including phenoxy) is 2. The minimum absolute atomic E-state index is 0.0915. The van der Waals surface area contributed by atoms with Gasteiger partial charge in [-0.05, 0) is 67.3 Å². The zero-order chi connectivity index (χ0) is 24.4. The largest absolute Gasteiger partial charge is 0.497 e. The molecular weight excluding hydrogens is 466 g/mol. The summed E-state index contributed by atoms with van der Waals surface area (Å²) in [4.78, 5) is 30.2. The van der Waals surface area contributed by atoms with E-state index in [2.05, 4.69) is 22.3 Å². The number of carbonyl (C=O) groups is 2. The fourth-order valence-electron chi connectivity index (χ4n) is 5.20. The van der Waals surface area contributed by atoms with Crippen LogP contribution in [0.2, 0.25) is 5.02 Å². The number of nitrogens with zero attached hydrogens (tertiary/aromatic N) is 2. The van der Waals surface area contributed by atoms with Gasteiger partial charge in [-0.1, -0.05) is 23.7 Å². The van der Waals surface area contributed by atoms with Gasteiger partial charge in [-0.2, -0.15) is 0 Å². The van der Waals surface area contributed by atoms with Gasteiger partial charge in [0.25, 0.3) is 5.91 Å². The highest BCUT2D eigenvalue weighted by atomic mass is 35.5. The number of fused-ring (bicyclic) bond motifs is 1. The van der Waals surface area contributed by atoms with E-state index < -0.39 is 0 Å². The Bertz CT molecular complexity index is 1110. The minimum Gasteiger partial charge on any atom is -0.497 e. The third kappa shape index (κ3) is 5.25. The standard InChI is InChI=1S/C27H30ClN3O4/c1-34-22-8-6-21(7-9-22)30-11-13-31(14-12-30)27(33)19-5-10-24-23(17-19)29-26(32)25(35-24)16-18-3-2-4-20(28)15-18/h2-4,6-9,15-16,19,23-24H,5,10-14,17H2,1H3,(H,29,32)/b25-16+. The van der Waals surface area contributed by atoms with Gasteiger partial charge in [0.15, 0.2) is 5.76 Å². The molecule has 0 radical (unpaired) electrons. The summed E-state index contributed by atoms with van der Waals surface area (Å²) in [5.74, 6) is 0.989. The first kappa shape index (κ1) is 23.5. The van der Waals surface area contributed by atoms with Crippen molar-refractivity contribution in [3.05, 3.63) is 64.9 Å². The molecule has 2 aliphatic heterocycles. The van der Waals surface area contributed by atoms with E-state index in [0.717, 1.165) is 42.9 Å². The Morgan fingerprint density at radius 2 is 1.89 bits per heavy atom. The maximum absolute atomic E-state index is 13.3. The van der Waals surface area contributed by atoms with Gasteiger partial charge in [-0.15, -0.1) is 0 Å². The van der Waals surface area contributed by atoms with Gasteiger partial charge >= 0.3 is 0 Å². The average molecular weight is 496 g/mol. The lowest BCUT2D eigenvalue weighted by atomic mass is 9.82. The maximum Gasteiger partial charge on any atom is 0.286 e. The number of rotatable bonds is 4. The van der Waals surface area contributed by atoms with Gasteiger partial charge in [-0.25, -0.2) is 0 Å². The summed E-state index contributed by atoms with van der Waals surface area (Å²) < 4.78 is 11.3. The molecule has 5 rings (SSSR count). The fraction of sp³-hybridized carbons (Fsp3) is 0.407. The Morgan fingerprint density at radius 1 is 1.11 bits per heavy atom. The number of carbonyl (C=O) groups excluding carboxylic acids is 2. The Labute approximate surface area is 210 Å². The number of hydrogen-bond donors (Lipinski definition) is 1. The summed E-state index contributed by atoms with van der Waals surface area (Å²) in [6.07, 6.45) is 3.71. The number of hydrogen-bond acceptors (Lipinski definition) is 5. The van der Waals surface area contributed by atoms with Crippen LogP contribution in [0, 0.1) is 5.92 Å². The number of benzene rings is 2. The van der Waals surface area contributed by atoms with Crippen LogP contribution < -0.4 is 15.0 Å². The van der Waals surface area contributed by atoms with Gasteiger partial charge in [-0.3, -0.25) is 9.59 Å². The van der Waals surface area contributed by atoms with Crippen molar-refractivity contribution in [3.63, 3.8) is 0 Å². The maximum atomic E-state index is 13.3. The van der Waals surface area contributed by atoms with E-state index in [1.807, 2.05) is 29.2 Å². The molecule has 2 aromatic carbocycles. The second-order valence-corrected chi connectivity index (χ2v) is 9.76. The van der Waals surface area contributed by atoms with E-state index in [1.54, 1.807) is 25.3 Å². The second kappa shape index (κ2) is 10.2. The van der Waals surface area contributed by atoms with E-state index in [-0.39, 0.29) is 29.9 Å². The SMILES string of the molecule is COc1ccc(N2CCN(C(=O)C3CCC4O/C(=C/c5cccc(Cl)c5)C(=O)NC4C3)CC2)cc1. The molecule has 2 heterocycles. The summed E-state index contributed by atoms with van der Waals surface area (Å²) in [5.41, 5.74) is 1.96. The summed E-state index contributed by atoms with van der Waals surface area (Å²) in [7, 11) is 1.66. The highest BCUT2D eigenvalue weighted by Crippen LogP contribution is 2.33. The molecule has 7 nitrogen and oxygen atoms in total. The predicted molar refractivity (Wildman–Crippen MR) is 135 cm³/mol. The first-order valence-electron chi connectivity index (χ1n) is 12.1. The zero-order valence-corrected chi connectivity index (χ0v) is 20.5. The number of morpholine rings is 1. The van der Waals surface area contributed by atoms with Crippen LogP contribution in [0.1, 0.15) is 24.8 Å². The van der Waals surface area contributed by atoms with E-state index in [0.29, 0.717) is 30.3 Å². The summed E-state index contributed by atoms with van der Waals surface area (Å²) in [5, 5.41) is 3.68. The van der Waals surface area contributed by atoms with Crippen molar-refractivity contribution >= 4 is 35.2 Å². The van der Waals surface area contributed by atoms with Crippen LogP contribution in [-0.2, 0) is 14.3 Å². The molecule has 2 aromatic rings. The minimum atomic E-state index is -0.243. The average Bonchev–Trinajstić information content (AvgIpc) is 2.89. The zero-order valence-electron chi connectivity index (χ0n) is 19.8. The van der Waals surface area contributed by atoms with Crippen LogP contribution in [0.15, 0.2) is 54.3 Å². The van der Waals surface area contributed by atoms with Gasteiger partial charge in [0.1, 0.15) is 11.9 Å². The fourth-order valence-corrected chi connectivity index (χ4v) is 5.40. The molecule has 1 saturated carbocycles. The topological polar surface area (TPSA) is 71.1 Å². The number of piperazine rings is 1. The van der Waals surface area contributed by atoms with Crippen molar-refractivity contribution < 1.29 is 19.1 Å². The van der Waals surface area contributed by atoms with Crippen molar-refractivity contribution in [3.8, 4) is 5.75 Å². The first-order chi connectivity index (χ1) is 17.0.